The fraction of sp³-hybridized carbons (Fsp3) is 0.308. The third-order valence-electron chi connectivity index (χ3n) is 7.52. The van der Waals surface area contributed by atoms with Crippen LogP contribution in [0.25, 0.3) is 33.1 Å². The standard InChI is InChI=1S/C26H24N6O/c1-3-20-21(18-12-17-6-4-5-7-19(17)28-13-18)22-23(27)29-15-30-24(22)32(20)26-10-8-25(14-26,9-11-26)31-16(2)33/h1,4-7,12-13,15H,8-11,14H2,2H3,(H,31,33)(H2,27,29,30). The summed E-state index contributed by atoms with van der Waals surface area (Å²) in [4.78, 5) is 25.5. The molecular formula is C26H24N6O. The van der Waals surface area contributed by atoms with Crippen molar-refractivity contribution >= 4 is 33.7 Å². The van der Waals surface area contributed by atoms with Crippen molar-refractivity contribution < 1.29 is 4.79 Å². The van der Waals surface area contributed by atoms with Crippen LogP contribution < -0.4 is 11.1 Å². The predicted octanol–water partition coefficient (Wildman–Crippen LogP) is 3.76. The Morgan fingerprint density at radius 2 is 1.97 bits per heavy atom. The normalized spacial score (nSPS) is 23.8. The van der Waals surface area contributed by atoms with E-state index >= 15 is 0 Å². The van der Waals surface area contributed by atoms with Crippen LogP contribution in [0.1, 0.15) is 44.7 Å². The molecule has 3 heterocycles. The molecule has 0 unspecified atom stereocenters. The summed E-state index contributed by atoms with van der Waals surface area (Å²) in [6, 6.07) is 10.1. The number of rotatable bonds is 3. The summed E-state index contributed by atoms with van der Waals surface area (Å²) < 4.78 is 2.21. The monoisotopic (exact) mass is 436 g/mol. The largest absolute Gasteiger partial charge is 0.383 e. The molecule has 7 heteroatoms. The number of nitrogens with two attached hydrogens (primary N) is 1. The third kappa shape index (κ3) is 2.77. The molecule has 0 aliphatic heterocycles. The first kappa shape index (κ1) is 19.7. The molecule has 3 aromatic heterocycles. The Morgan fingerprint density at radius 3 is 2.73 bits per heavy atom. The molecule has 4 aromatic rings. The second kappa shape index (κ2) is 6.79. The Hall–Kier alpha value is -3.92. The molecule has 2 fully saturated rings. The van der Waals surface area contributed by atoms with Gasteiger partial charge in [-0.15, -0.1) is 6.42 Å². The summed E-state index contributed by atoms with van der Waals surface area (Å²) in [7, 11) is 0. The van der Waals surface area contributed by atoms with E-state index in [1.807, 2.05) is 30.5 Å². The van der Waals surface area contributed by atoms with Crippen LogP contribution in [-0.4, -0.2) is 31.0 Å². The van der Waals surface area contributed by atoms with Crippen LogP contribution in [0.15, 0.2) is 42.9 Å². The molecule has 3 N–H and O–H groups in total. The van der Waals surface area contributed by atoms with Gasteiger partial charge in [0.15, 0.2) is 0 Å². The van der Waals surface area contributed by atoms with Crippen LogP contribution in [0.2, 0.25) is 0 Å². The van der Waals surface area contributed by atoms with E-state index in [9.17, 15) is 4.79 Å². The first-order chi connectivity index (χ1) is 16.0. The number of fused-ring (bicyclic) bond motifs is 4. The van der Waals surface area contributed by atoms with Crippen molar-refractivity contribution in [3.63, 3.8) is 0 Å². The number of pyridine rings is 1. The molecule has 0 radical (unpaired) electrons. The van der Waals surface area contributed by atoms with E-state index < -0.39 is 0 Å². The van der Waals surface area contributed by atoms with Gasteiger partial charge in [-0.3, -0.25) is 9.78 Å². The number of nitrogens with one attached hydrogen (secondary N) is 1. The zero-order chi connectivity index (χ0) is 22.8. The molecule has 2 saturated carbocycles. The summed E-state index contributed by atoms with van der Waals surface area (Å²) in [5, 5.41) is 5.02. The van der Waals surface area contributed by atoms with Gasteiger partial charge in [0.2, 0.25) is 5.91 Å². The van der Waals surface area contributed by atoms with Crippen LogP contribution >= 0.6 is 0 Å². The number of amides is 1. The number of hydrogen-bond donors (Lipinski definition) is 2. The predicted molar refractivity (Wildman–Crippen MR) is 128 cm³/mol. The maximum Gasteiger partial charge on any atom is 0.217 e. The minimum absolute atomic E-state index is 0.0109. The molecule has 0 spiro atoms. The molecule has 0 atom stereocenters. The number of benzene rings is 1. The Balaban J connectivity index is 1.62. The highest BCUT2D eigenvalue weighted by Crippen LogP contribution is 2.57. The van der Waals surface area contributed by atoms with E-state index in [-0.39, 0.29) is 17.0 Å². The quantitative estimate of drug-likeness (QED) is 0.477. The third-order valence-corrected chi connectivity index (χ3v) is 7.52. The number of carbonyl (C=O) groups excluding carboxylic acids is 1. The Morgan fingerprint density at radius 1 is 1.18 bits per heavy atom. The van der Waals surface area contributed by atoms with E-state index in [1.54, 1.807) is 6.92 Å². The fourth-order valence-electron chi connectivity index (χ4n) is 6.24. The molecule has 0 saturated heterocycles. The first-order valence-corrected chi connectivity index (χ1v) is 11.2. The number of carbonyl (C=O) groups is 1. The Kier molecular flexibility index (Phi) is 4.06. The van der Waals surface area contributed by atoms with Gasteiger partial charge >= 0.3 is 0 Å². The molecule has 33 heavy (non-hydrogen) atoms. The lowest BCUT2D eigenvalue weighted by Crippen LogP contribution is -2.43. The summed E-state index contributed by atoms with van der Waals surface area (Å²) in [5.74, 6) is 3.37. The average Bonchev–Trinajstić information content (AvgIpc) is 3.46. The van der Waals surface area contributed by atoms with Crippen molar-refractivity contribution in [1.82, 2.24) is 24.8 Å². The second-order valence-corrected chi connectivity index (χ2v) is 9.44. The molecule has 2 bridgehead atoms. The first-order valence-electron chi connectivity index (χ1n) is 11.2. The van der Waals surface area contributed by atoms with E-state index in [1.165, 1.54) is 6.33 Å². The van der Waals surface area contributed by atoms with Crippen molar-refractivity contribution in [3.05, 3.63) is 48.5 Å². The maximum absolute atomic E-state index is 11.9. The summed E-state index contributed by atoms with van der Waals surface area (Å²) in [6.45, 7) is 1.59. The molecule has 164 valence electrons. The van der Waals surface area contributed by atoms with Gasteiger partial charge in [-0.1, -0.05) is 24.1 Å². The van der Waals surface area contributed by atoms with Crippen LogP contribution in [0, 0.1) is 12.3 Å². The molecule has 2 aliphatic carbocycles. The average molecular weight is 437 g/mol. The minimum Gasteiger partial charge on any atom is -0.383 e. The van der Waals surface area contributed by atoms with Gasteiger partial charge in [-0.2, -0.15) is 0 Å². The molecule has 7 nitrogen and oxygen atoms in total. The topological polar surface area (TPSA) is 98.7 Å². The number of aromatic nitrogens is 4. The van der Waals surface area contributed by atoms with E-state index in [4.69, 9.17) is 12.2 Å². The highest BCUT2D eigenvalue weighted by atomic mass is 16.1. The Labute approximate surface area is 191 Å². The zero-order valence-electron chi connectivity index (χ0n) is 18.4. The highest BCUT2D eigenvalue weighted by molar-refractivity contribution is 6.04. The van der Waals surface area contributed by atoms with E-state index in [2.05, 4.69) is 36.8 Å². The highest BCUT2D eigenvalue weighted by Gasteiger charge is 2.57. The molecule has 2 aliphatic rings. The molecule has 6 rings (SSSR count). The summed E-state index contributed by atoms with van der Waals surface area (Å²) >= 11 is 0. The molecule has 1 aromatic carbocycles. The number of para-hydroxylation sites is 1. The number of nitrogens with zero attached hydrogens (tertiary/aromatic N) is 4. The molecule has 1 amide bonds. The lowest BCUT2D eigenvalue weighted by molar-refractivity contribution is -0.120. The van der Waals surface area contributed by atoms with Crippen LogP contribution in [-0.2, 0) is 10.3 Å². The van der Waals surface area contributed by atoms with E-state index in [0.29, 0.717) is 5.82 Å². The number of hydrogen-bond acceptors (Lipinski definition) is 5. The van der Waals surface area contributed by atoms with Crippen LogP contribution in [0.5, 0.6) is 0 Å². The zero-order valence-corrected chi connectivity index (χ0v) is 18.4. The number of anilines is 1. The maximum atomic E-state index is 11.9. The van der Waals surface area contributed by atoms with Crippen LogP contribution in [0.4, 0.5) is 5.82 Å². The van der Waals surface area contributed by atoms with Gasteiger partial charge in [0.05, 0.1) is 10.9 Å². The van der Waals surface area contributed by atoms with Crippen molar-refractivity contribution in [1.29, 1.82) is 0 Å². The SMILES string of the molecule is C#Cc1c(-c2cnc3ccccc3c2)c2c(N)ncnc2n1C12CCC(NC(C)=O)(CC1)C2. The van der Waals surface area contributed by atoms with Crippen molar-refractivity contribution in [2.24, 2.45) is 0 Å². The lowest BCUT2D eigenvalue weighted by atomic mass is 9.90. The van der Waals surface area contributed by atoms with Gasteiger partial charge in [0.25, 0.3) is 0 Å². The van der Waals surface area contributed by atoms with Gasteiger partial charge in [-0.05, 0) is 44.2 Å². The number of terminal acetylenes is 1. The van der Waals surface area contributed by atoms with Gasteiger partial charge in [-0.25, -0.2) is 9.97 Å². The second-order valence-electron chi connectivity index (χ2n) is 9.44. The van der Waals surface area contributed by atoms with Crippen LogP contribution in [0.3, 0.4) is 0 Å². The van der Waals surface area contributed by atoms with Gasteiger partial charge in [0.1, 0.15) is 23.5 Å². The Bertz CT molecular complexity index is 1490. The van der Waals surface area contributed by atoms with Crippen molar-refractivity contribution in [3.8, 4) is 23.5 Å². The fourth-order valence-corrected chi connectivity index (χ4v) is 6.24. The van der Waals surface area contributed by atoms with Crippen molar-refractivity contribution in [2.75, 3.05) is 5.73 Å². The summed E-state index contributed by atoms with van der Waals surface area (Å²) in [6.07, 6.45) is 14.0. The van der Waals surface area contributed by atoms with Gasteiger partial charge < -0.3 is 15.6 Å². The smallest absolute Gasteiger partial charge is 0.217 e. The lowest BCUT2D eigenvalue weighted by Gasteiger charge is -2.30. The van der Waals surface area contributed by atoms with E-state index in [0.717, 1.165) is 70.9 Å². The minimum atomic E-state index is -0.217. The number of nitrogen functional groups attached to an aromatic ring is 1. The summed E-state index contributed by atoms with van der Waals surface area (Å²) in [5.41, 5.74) is 10.2. The van der Waals surface area contributed by atoms with Crippen molar-refractivity contribution in [2.45, 2.75) is 50.1 Å². The van der Waals surface area contributed by atoms with Gasteiger partial charge in [0, 0.05) is 40.7 Å². The molecular weight excluding hydrogens is 412 g/mol.